The number of aryl methyl sites for hydroxylation is 2. The number of fused-ring (bicyclic) bond motifs is 1. The highest BCUT2D eigenvalue weighted by Crippen LogP contribution is 2.36. The van der Waals surface area contributed by atoms with E-state index in [2.05, 4.69) is 58.9 Å². The van der Waals surface area contributed by atoms with Crippen molar-refractivity contribution in [3.8, 4) is 11.4 Å². The predicted octanol–water partition coefficient (Wildman–Crippen LogP) is 5.07. The number of rotatable bonds is 14. The van der Waals surface area contributed by atoms with Gasteiger partial charge in [-0.25, -0.2) is 0 Å². The molecule has 1 aromatic heterocycles. The molecule has 226 valence electrons. The molecule has 41 heavy (non-hydrogen) atoms. The summed E-state index contributed by atoms with van der Waals surface area (Å²) in [4.78, 5) is 14.1. The van der Waals surface area contributed by atoms with Crippen LogP contribution in [-0.2, 0) is 21.4 Å². The minimum atomic E-state index is -0.373. The van der Waals surface area contributed by atoms with Crippen molar-refractivity contribution in [1.29, 1.82) is 0 Å². The van der Waals surface area contributed by atoms with Crippen LogP contribution in [0.5, 0.6) is 5.75 Å². The van der Waals surface area contributed by atoms with Crippen molar-refractivity contribution in [1.82, 2.24) is 20.3 Å². The van der Waals surface area contributed by atoms with Gasteiger partial charge in [0.15, 0.2) is 0 Å². The van der Waals surface area contributed by atoms with Gasteiger partial charge in [-0.3, -0.25) is 4.79 Å². The number of alkyl halides is 1. The van der Waals surface area contributed by atoms with Gasteiger partial charge in [-0.2, -0.15) is 0 Å². The number of carbonyl (C=O) groups excluding carboxylic acids is 1. The van der Waals surface area contributed by atoms with E-state index in [1.807, 2.05) is 51.1 Å². The predicted molar refractivity (Wildman–Crippen MR) is 172 cm³/mol. The lowest BCUT2D eigenvalue weighted by atomic mass is 9.84. The van der Waals surface area contributed by atoms with Crippen LogP contribution >= 0.6 is 22.6 Å². The Morgan fingerprint density at radius 3 is 2.56 bits per heavy atom. The fourth-order valence-corrected chi connectivity index (χ4v) is 5.53. The third-order valence-corrected chi connectivity index (χ3v) is 8.12. The lowest BCUT2D eigenvalue weighted by molar-refractivity contribution is -0.147. The minimum absolute atomic E-state index is 0.0897. The van der Waals surface area contributed by atoms with E-state index >= 15 is 0 Å². The van der Waals surface area contributed by atoms with E-state index in [9.17, 15) is 15.0 Å². The molecule has 4 unspecified atom stereocenters. The summed E-state index contributed by atoms with van der Waals surface area (Å²) < 4.78 is 5.68. The van der Waals surface area contributed by atoms with Crippen LogP contribution in [0.3, 0.4) is 0 Å². The molecule has 0 saturated carbocycles. The number of ether oxygens (including phenoxy) is 1. The number of esters is 1. The van der Waals surface area contributed by atoms with E-state index in [4.69, 9.17) is 10.5 Å². The molecule has 5 N–H and O–H groups in total. The number of phenolic OH excluding ortho intramolecular Hbond substituents is 1. The Kier molecular flexibility index (Phi) is 12.0. The highest BCUT2D eigenvalue weighted by Gasteiger charge is 2.24. The molecule has 1 heterocycles. The van der Waals surface area contributed by atoms with Gasteiger partial charge in [-0.15, -0.1) is 15.0 Å². The molecule has 4 atom stereocenters. The summed E-state index contributed by atoms with van der Waals surface area (Å²) in [5.74, 6) is -0.362. The monoisotopic (exact) mass is 679 g/mol. The van der Waals surface area contributed by atoms with E-state index in [0.717, 1.165) is 27.7 Å². The zero-order valence-corrected chi connectivity index (χ0v) is 27.3. The van der Waals surface area contributed by atoms with Crippen LogP contribution in [0.2, 0.25) is 0 Å². The van der Waals surface area contributed by atoms with Crippen LogP contribution in [0, 0.1) is 12.8 Å². The number of halogens is 1. The fourth-order valence-electron chi connectivity index (χ4n) is 4.62. The van der Waals surface area contributed by atoms with Crippen molar-refractivity contribution >= 4 is 39.6 Å². The molecule has 9 nitrogen and oxygen atoms in total. The number of aliphatic hydroxyl groups is 1. The first-order chi connectivity index (χ1) is 19.3. The van der Waals surface area contributed by atoms with Gasteiger partial charge < -0.3 is 26.0 Å². The van der Waals surface area contributed by atoms with E-state index in [1.165, 1.54) is 4.80 Å². The Bertz CT molecular complexity index is 1310. The standard InChI is InChI=1S/C31H46IN5O4/c1-7-23(38)16-22(33)17-28(32)34-18-20(3)30(40)41-12-8-9-21-14-24(31(4,5)6)29(39)27(15-21)37-35-25-11-10-19(2)13-26(25)36-37/h10-11,13-15,20,22-23,28,34,38-39H,7-9,12,16-18,33H2,1-6H3. The molecule has 0 aliphatic heterocycles. The molecule has 2 aromatic carbocycles. The second-order valence-electron chi connectivity index (χ2n) is 12.1. The first-order valence-electron chi connectivity index (χ1n) is 14.5. The molecule has 0 aliphatic rings. The summed E-state index contributed by atoms with van der Waals surface area (Å²) >= 11 is 2.28. The number of nitrogens with zero attached hydrogens (tertiary/aromatic N) is 3. The zero-order valence-electron chi connectivity index (χ0n) is 25.2. The molecule has 0 aliphatic carbocycles. The number of phenols is 1. The Morgan fingerprint density at radius 1 is 1.17 bits per heavy atom. The third-order valence-electron chi connectivity index (χ3n) is 7.17. The first-order valence-corrected chi connectivity index (χ1v) is 15.7. The maximum Gasteiger partial charge on any atom is 0.309 e. The van der Waals surface area contributed by atoms with E-state index in [0.29, 0.717) is 50.9 Å². The third kappa shape index (κ3) is 9.62. The summed E-state index contributed by atoms with van der Waals surface area (Å²) in [6.07, 6.45) is 2.94. The van der Waals surface area contributed by atoms with Gasteiger partial charge in [-0.1, -0.05) is 69.3 Å². The Hall–Kier alpha value is -2.28. The highest BCUT2D eigenvalue weighted by atomic mass is 127. The van der Waals surface area contributed by atoms with Crippen molar-refractivity contribution in [2.24, 2.45) is 11.7 Å². The molecule has 0 radical (unpaired) electrons. The van der Waals surface area contributed by atoms with E-state index in [1.54, 1.807) is 0 Å². The number of hydrogen-bond donors (Lipinski definition) is 4. The van der Waals surface area contributed by atoms with E-state index in [-0.39, 0.29) is 39.2 Å². The van der Waals surface area contributed by atoms with Gasteiger partial charge in [0, 0.05) is 18.2 Å². The molecular formula is C31H46IN5O4. The summed E-state index contributed by atoms with van der Waals surface area (Å²) in [6, 6.07) is 9.74. The number of hydrogen-bond acceptors (Lipinski definition) is 8. The Labute approximate surface area is 257 Å². The lowest BCUT2D eigenvalue weighted by Gasteiger charge is -2.23. The van der Waals surface area contributed by atoms with Crippen molar-refractivity contribution in [2.45, 2.75) is 95.3 Å². The highest BCUT2D eigenvalue weighted by molar-refractivity contribution is 14.1. The van der Waals surface area contributed by atoms with Crippen LogP contribution in [0.1, 0.15) is 77.0 Å². The largest absolute Gasteiger partial charge is 0.505 e. The second-order valence-corrected chi connectivity index (χ2v) is 13.6. The normalized spacial score (nSPS) is 15.0. The number of aromatic nitrogens is 3. The SMILES string of the molecule is CCC(O)CC(N)CC(I)NCC(C)C(=O)OCCCc1cc(-n2nc3ccc(C)cc3n2)c(O)c(C(C)(C)C)c1. The molecule has 10 heteroatoms. The number of benzene rings is 2. The molecular weight excluding hydrogens is 633 g/mol. The number of carbonyl (C=O) groups is 1. The minimum Gasteiger partial charge on any atom is -0.505 e. The zero-order chi connectivity index (χ0) is 30.3. The Balaban J connectivity index is 1.57. The number of nitrogens with two attached hydrogens (primary N) is 1. The van der Waals surface area contributed by atoms with Crippen LogP contribution < -0.4 is 11.1 Å². The van der Waals surface area contributed by atoms with Crippen LogP contribution in [0.15, 0.2) is 30.3 Å². The molecule has 0 spiro atoms. The molecule has 0 amide bonds. The van der Waals surface area contributed by atoms with Gasteiger partial charge in [0.1, 0.15) is 22.5 Å². The van der Waals surface area contributed by atoms with Crippen LogP contribution in [0.25, 0.3) is 16.7 Å². The van der Waals surface area contributed by atoms with Gasteiger partial charge in [-0.05, 0) is 73.8 Å². The van der Waals surface area contributed by atoms with Crippen molar-refractivity contribution < 1.29 is 19.7 Å². The molecule has 0 bridgehead atoms. The smallest absolute Gasteiger partial charge is 0.309 e. The molecule has 0 saturated heterocycles. The van der Waals surface area contributed by atoms with E-state index < -0.39 is 0 Å². The average Bonchev–Trinajstić information content (AvgIpc) is 3.32. The number of aliphatic hydroxyl groups excluding tert-OH is 1. The second kappa shape index (κ2) is 14.8. The lowest BCUT2D eigenvalue weighted by Crippen LogP contribution is -2.37. The molecule has 3 rings (SSSR count). The summed E-state index contributed by atoms with van der Waals surface area (Å²) in [6.45, 7) is 12.8. The van der Waals surface area contributed by atoms with Gasteiger partial charge in [0.25, 0.3) is 0 Å². The fraction of sp³-hybridized carbons (Fsp3) is 0.581. The maximum atomic E-state index is 12.6. The van der Waals surface area contributed by atoms with Gasteiger partial charge >= 0.3 is 5.97 Å². The Morgan fingerprint density at radius 2 is 1.88 bits per heavy atom. The summed E-state index contributed by atoms with van der Waals surface area (Å²) in [5.41, 5.74) is 10.8. The summed E-state index contributed by atoms with van der Waals surface area (Å²) in [7, 11) is 0. The van der Waals surface area contributed by atoms with Gasteiger partial charge in [0.2, 0.25) is 0 Å². The number of aromatic hydroxyl groups is 1. The van der Waals surface area contributed by atoms with Crippen LogP contribution in [-0.4, -0.2) is 60.5 Å². The van der Waals surface area contributed by atoms with Crippen LogP contribution in [0.4, 0.5) is 0 Å². The quantitative estimate of drug-likeness (QED) is 0.0610. The first kappa shape index (κ1) is 33.2. The van der Waals surface area contributed by atoms with Crippen molar-refractivity contribution in [3.63, 3.8) is 0 Å². The van der Waals surface area contributed by atoms with Gasteiger partial charge in [0.05, 0.1) is 22.7 Å². The van der Waals surface area contributed by atoms with Crippen molar-refractivity contribution in [3.05, 3.63) is 47.0 Å². The van der Waals surface area contributed by atoms with Crippen molar-refractivity contribution in [2.75, 3.05) is 13.2 Å². The molecule has 0 fully saturated rings. The maximum absolute atomic E-state index is 12.6. The topological polar surface area (TPSA) is 136 Å². The molecule has 3 aromatic rings. The average molecular weight is 680 g/mol. The number of nitrogens with one attached hydrogen (secondary N) is 1. The summed E-state index contributed by atoms with van der Waals surface area (Å²) in [5, 5.41) is 33.5.